The van der Waals surface area contributed by atoms with Crippen molar-refractivity contribution in [3.63, 3.8) is 0 Å². The van der Waals surface area contributed by atoms with Gasteiger partial charge >= 0.3 is 0 Å². The average Bonchev–Trinajstić information content (AvgIpc) is 4.04. The van der Waals surface area contributed by atoms with Gasteiger partial charge in [0.05, 0.1) is 30.6 Å². The molecule has 4 N–H and O–H groups in total. The zero-order valence-corrected chi connectivity index (χ0v) is 32.0. The lowest BCUT2D eigenvalue weighted by molar-refractivity contribution is -0.180. The Bertz CT molecular complexity index is 1800. The summed E-state index contributed by atoms with van der Waals surface area (Å²) in [6.07, 6.45) is 8.88. The highest BCUT2D eigenvalue weighted by molar-refractivity contribution is 5.99. The summed E-state index contributed by atoms with van der Waals surface area (Å²) in [5.41, 5.74) is 4.68. The van der Waals surface area contributed by atoms with Crippen molar-refractivity contribution in [2.45, 2.75) is 103 Å². The van der Waals surface area contributed by atoms with E-state index in [1.807, 2.05) is 49.4 Å². The Hall–Kier alpha value is -4.55. The SMILES string of the molecule is CC(C)[C@H](CON1CCC[C@H]1c1ncc(-c2ccc(-c3ccc(NC(=O)[C@@H]4CCCN4C(=O)[C@H](NC(=O)C4CC4)C(C)C)cc3)cc2)[nH]1)NC(=O)C1CC1. The van der Waals surface area contributed by atoms with E-state index in [1.165, 1.54) is 0 Å². The van der Waals surface area contributed by atoms with Crippen molar-refractivity contribution < 1.29 is 24.0 Å². The summed E-state index contributed by atoms with van der Waals surface area (Å²) in [5, 5.41) is 11.2. The van der Waals surface area contributed by atoms with Crippen LogP contribution < -0.4 is 16.0 Å². The highest BCUT2D eigenvalue weighted by Gasteiger charge is 2.40. The summed E-state index contributed by atoms with van der Waals surface area (Å²) >= 11 is 0. The van der Waals surface area contributed by atoms with E-state index in [0.29, 0.717) is 25.3 Å². The van der Waals surface area contributed by atoms with Gasteiger partial charge in [-0.2, -0.15) is 5.06 Å². The number of amides is 4. The number of H-pyrrole nitrogens is 1. The third kappa shape index (κ3) is 8.87. The van der Waals surface area contributed by atoms with E-state index in [-0.39, 0.29) is 59.4 Å². The van der Waals surface area contributed by atoms with Crippen LogP contribution in [0, 0.1) is 23.7 Å². The molecule has 4 fully saturated rings. The topological polar surface area (TPSA) is 149 Å². The second kappa shape index (κ2) is 16.4. The number of hydrogen-bond acceptors (Lipinski definition) is 7. The van der Waals surface area contributed by atoms with E-state index < -0.39 is 12.1 Å². The van der Waals surface area contributed by atoms with Gasteiger partial charge < -0.3 is 25.8 Å². The van der Waals surface area contributed by atoms with Crippen LogP contribution in [-0.2, 0) is 24.0 Å². The Balaban J connectivity index is 0.929. The fourth-order valence-electron chi connectivity index (χ4n) is 7.47. The monoisotopic (exact) mass is 737 g/mol. The predicted octanol–water partition coefficient (Wildman–Crippen LogP) is 5.84. The van der Waals surface area contributed by atoms with Gasteiger partial charge in [0.2, 0.25) is 23.6 Å². The van der Waals surface area contributed by atoms with E-state index in [4.69, 9.17) is 9.82 Å². The van der Waals surface area contributed by atoms with Crippen molar-refractivity contribution in [3.05, 3.63) is 60.6 Å². The maximum absolute atomic E-state index is 13.5. The molecule has 1 aromatic heterocycles. The molecule has 0 radical (unpaired) electrons. The molecule has 2 aromatic carbocycles. The van der Waals surface area contributed by atoms with Gasteiger partial charge in [-0.3, -0.25) is 24.0 Å². The lowest BCUT2D eigenvalue weighted by Gasteiger charge is -2.30. The molecule has 2 aliphatic heterocycles. The molecule has 2 saturated heterocycles. The number of rotatable bonds is 15. The molecule has 4 amide bonds. The fraction of sp³-hybridized carbons (Fsp3) is 0.548. The molecule has 2 saturated carbocycles. The minimum absolute atomic E-state index is 0.0139. The van der Waals surface area contributed by atoms with E-state index in [1.54, 1.807) is 4.90 Å². The number of aromatic amines is 1. The standard InChI is InChI=1S/C42H55N7O5/c1-25(2)34(46-39(50)30-13-14-30)24-54-49-22-6-7-35(49)38-43-23-33(45-38)29-11-9-27(10-12-29)28-17-19-32(20-18-28)44-41(52)36-8-5-21-48(36)42(53)37(26(3)4)47-40(51)31-15-16-31/h9-12,17-20,23,25-26,30-31,34-37H,5-8,13-16,21-22,24H2,1-4H3,(H,43,45)(H,44,52)(H,46,50)(H,47,51)/t34-,35-,36-,37+/m0/s1. The van der Waals surface area contributed by atoms with E-state index in [9.17, 15) is 19.2 Å². The Morgan fingerprint density at radius 1 is 0.759 bits per heavy atom. The first-order valence-corrected chi connectivity index (χ1v) is 19.9. The van der Waals surface area contributed by atoms with Crippen molar-refractivity contribution in [2.24, 2.45) is 23.7 Å². The van der Waals surface area contributed by atoms with Gasteiger partial charge in [-0.15, -0.1) is 0 Å². The van der Waals surface area contributed by atoms with Crippen molar-refractivity contribution in [3.8, 4) is 22.4 Å². The lowest BCUT2D eigenvalue weighted by Crippen LogP contribution is -2.54. The third-order valence-electron chi connectivity index (χ3n) is 11.3. The molecule has 12 heteroatoms. The van der Waals surface area contributed by atoms with Crippen molar-refractivity contribution in [1.82, 2.24) is 30.6 Å². The number of imidazole rings is 1. The fourth-order valence-corrected chi connectivity index (χ4v) is 7.47. The number of carbonyl (C=O) groups excluding carboxylic acids is 4. The molecule has 0 spiro atoms. The molecule has 12 nitrogen and oxygen atoms in total. The van der Waals surface area contributed by atoms with E-state index in [0.717, 1.165) is 79.7 Å². The number of carbonyl (C=O) groups is 4. The molecule has 3 aromatic rings. The summed E-state index contributed by atoms with van der Waals surface area (Å²) in [4.78, 5) is 68.0. The minimum atomic E-state index is -0.633. The first-order chi connectivity index (χ1) is 26.0. The molecule has 0 unspecified atom stereocenters. The minimum Gasteiger partial charge on any atom is -0.350 e. The Labute approximate surface area is 318 Å². The zero-order chi connectivity index (χ0) is 37.9. The number of hydrogen-bond donors (Lipinski definition) is 4. The number of likely N-dealkylation sites (tertiary alicyclic amines) is 1. The zero-order valence-electron chi connectivity index (χ0n) is 32.0. The summed E-state index contributed by atoms with van der Waals surface area (Å²) in [7, 11) is 0. The number of hydroxylamine groups is 2. The number of nitrogens with one attached hydrogen (secondary N) is 4. The molecule has 7 rings (SSSR count). The normalized spacial score (nSPS) is 21.3. The summed E-state index contributed by atoms with van der Waals surface area (Å²) < 4.78 is 0. The molecule has 4 atom stereocenters. The van der Waals surface area contributed by atoms with E-state index >= 15 is 0 Å². The highest BCUT2D eigenvalue weighted by atomic mass is 16.7. The van der Waals surface area contributed by atoms with Gasteiger partial charge in [0.25, 0.3) is 0 Å². The summed E-state index contributed by atoms with van der Waals surface area (Å²) in [5.74, 6) is 0.949. The first kappa shape index (κ1) is 37.8. The van der Waals surface area contributed by atoms with Crippen LogP contribution >= 0.6 is 0 Å². The van der Waals surface area contributed by atoms with E-state index in [2.05, 4.69) is 59.0 Å². The van der Waals surface area contributed by atoms with Gasteiger partial charge in [-0.25, -0.2) is 4.98 Å². The first-order valence-electron chi connectivity index (χ1n) is 19.9. The van der Waals surface area contributed by atoms with Crippen LogP contribution in [0.1, 0.15) is 90.9 Å². The molecule has 3 heterocycles. The average molecular weight is 738 g/mol. The lowest BCUT2D eigenvalue weighted by atomic mass is 10.0. The van der Waals surface area contributed by atoms with Crippen LogP contribution in [0.2, 0.25) is 0 Å². The van der Waals surface area contributed by atoms with Crippen LogP contribution in [0.3, 0.4) is 0 Å². The van der Waals surface area contributed by atoms with Gasteiger partial charge in [0.1, 0.15) is 17.9 Å². The molecule has 288 valence electrons. The molecule has 2 aliphatic carbocycles. The Morgan fingerprint density at radius 3 is 2.00 bits per heavy atom. The number of benzene rings is 2. The highest BCUT2D eigenvalue weighted by Crippen LogP contribution is 2.34. The Kier molecular flexibility index (Phi) is 11.5. The molecule has 0 bridgehead atoms. The van der Waals surface area contributed by atoms with Crippen LogP contribution in [0.5, 0.6) is 0 Å². The van der Waals surface area contributed by atoms with Crippen LogP contribution in [0.4, 0.5) is 5.69 Å². The largest absolute Gasteiger partial charge is 0.350 e. The van der Waals surface area contributed by atoms with Gasteiger partial charge in [-0.1, -0.05) is 64.1 Å². The van der Waals surface area contributed by atoms with Crippen molar-refractivity contribution >= 4 is 29.3 Å². The summed E-state index contributed by atoms with van der Waals surface area (Å²) in [6.45, 7) is 9.83. The molecule has 4 aliphatic rings. The van der Waals surface area contributed by atoms with Crippen LogP contribution in [0.15, 0.2) is 54.7 Å². The summed E-state index contributed by atoms with van der Waals surface area (Å²) in [6, 6.07) is 14.8. The molecular formula is C42H55N7O5. The van der Waals surface area contributed by atoms with Crippen molar-refractivity contribution in [1.29, 1.82) is 0 Å². The van der Waals surface area contributed by atoms with Crippen LogP contribution in [0.25, 0.3) is 22.4 Å². The second-order valence-corrected chi connectivity index (χ2v) is 16.2. The maximum atomic E-state index is 13.5. The van der Waals surface area contributed by atoms with Crippen molar-refractivity contribution in [2.75, 3.05) is 25.0 Å². The predicted molar refractivity (Wildman–Crippen MR) is 206 cm³/mol. The smallest absolute Gasteiger partial charge is 0.247 e. The third-order valence-corrected chi connectivity index (χ3v) is 11.3. The quantitative estimate of drug-likeness (QED) is 0.153. The Morgan fingerprint density at radius 2 is 1.37 bits per heavy atom. The maximum Gasteiger partial charge on any atom is 0.247 e. The van der Waals surface area contributed by atoms with Gasteiger partial charge in [0, 0.05) is 30.6 Å². The van der Waals surface area contributed by atoms with Crippen LogP contribution in [-0.4, -0.2) is 81.4 Å². The second-order valence-electron chi connectivity index (χ2n) is 16.2. The number of nitrogens with zero attached hydrogens (tertiary/aromatic N) is 3. The number of aromatic nitrogens is 2. The number of anilines is 1. The van der Waals surface area contributed by atoms with Gasteiger partial charge in [0.15, 0.2) is 0 Å². The molecule has 54 heavy (non-hydrogen) atoms. The van der Waals surface area contributed by atoms with Gasteiger partial charge in [-0.05, 0) is 92.0 Å². The molecular weight excluding hydrogens is 683 g/mol.